The third kappa shape index (κ3) is 3.95. The zero-order valence-corrected chi connectivity index (χ0v) is 13.9. The molecule has 2 heterocycles. The summed E-state index contributed by atoms with van der Waals surface area (Å²) in [6, 6.07) is 0. The maximum absolute atomic E-state index is 11.2. The van der Waals surface area contributed by atoms with Crippen LogP contribution in [0, 0.1) is 5.92 Å². The molecule has 21 heavy (non-hydrogen) atoms. The number of nitrogens with zero attached hydrogens (tertiary/aromatic N) is 2. The SMILES string of the molecule is CCN1CCC(CNc2nc(C(C)(C)C(=O)O)cs2)CC1. The highest BCUT2D eigenvalue weighted by Crippen LogP contribution is 2.28. The third-order valence-electron chi connectivity index (χ3n) is 4.38. The Kier molecular flexibility index (Phi) is 5.22. The van der Waals surface area contributed by atoms with Crippen LogP contribution in [0.1, 0.15) is 39.3 Å². The first kappa shape index (κ1) is 16.2. The van der Waals surface area contributed by atoms with Crippen LogP contribution in [0.2, 0.25) is 0 Å². The summed E-state index contributed by atoms with van der Waals surface area (Å²) >= 11 is 1.49. The van der Waals surface area contributed by atoms with Crippen molar-refractivity contribution >= 4 is 22.4 Å². The zero-order chi connectivity index (χ0) is 15.5. The minimum Gasteiger partial charge on any atom is -0.481 e. The lowest BCUT2D eigenvalue weighted by Crippen LogP contribution is -2.35. The van der Waals surface area contributed by atoms with Gasteiger partial charge in [0.1, 0.15) is 5.41 Å². The minimum atomic E-state index is -0.928. The van der Waals surface area contributed by atoms with E-state index in [2.05, 4.69) is 22.1 Å². The normalized spacial score (nSPS) is 17.9. The van der Waals surface area contributed by atoms with Gasteiger partial charge in [-0.1, -0.05) is 6.92 Å². The summed E-state index contributed by atoms with van der Waals surface area (Å²) in [7, 11) is 0. The van der Waals surface area contributed by atoms with Gasteiger partial charge in [0.15, 0.2) is 5.13 Å². The summed E-state index contributed by atoms with van der Waals surface area (Å²) in [5.41, 5.74) is -0.300. The monoisotopic (exact) mass is 311 g/mol. The van der Waals surface area contributed by atoms with Crippen LogP contribution in [0.4, 0.5) is 5.13 Å². The van der Waals surface area contributed by atoms with E-state index >= 15 is 0 Å². The molecule has 0 spiro atoms. The Balaban J connectivity index is 1.85. The van der Waals surface area contributed by atoms with Gasteiger partial charge in [0.2, 0.25) is 0 Å². The van der Waals surface area contributed by atoms with Gasteiger partial charge in [0.25, 0.3) is 0 Å². The fourth-order valence-electron chi connectivity index (χ4n) is 2.49. The van der Waals surface area contributed by atoms with Crippen molar-refractivity contribution in [1.82, 2.24) is 9.88 Å². The van der Waals surface area contributed by atoms with Crippen LogP contribution in [-0.2, 0) is 10.2 Å². The maximum Gasteiger partial charge on any atom is 0.315 e. The lowest BCUT2D eigenvalue weighted by atomic mass is 9.90. The molecule has 1 fully saturated rings. The fraction of sp³-hybridized carbons (Fsp3) is 0.733. The van der Waals surface area contributed by atoms with E-state index in [-0.39, 0.29) is 0 Å². The van der Waals surface area contributed by atoms with Crippen LogP contribution < -0.4 is 5.32 Å². The molecule has 6 heteroatoms. The van der Waals surface area contributed by atoms with Crippen molar-refractivity contribution in [3.05, 3.63) is 11.1 Å². The first-order valence-corrected chi connectivity index (χ1v) is 8.47. The number of hydrogen-bond donors (Lipinski definition) is 2. The van der Waals surface area contributed by atoms with Gasteiger partial charge in [-0.3, -0.25) is 4.79 Å². The molecule has 5 nitrogen and oxygen atoms in total. The molecule has 0 aromatic carbocycles. The van der Waals surface area contributed by atoms with Gasteiger partial charge in [0.05, 0.1) is 5.69 Å². The van der Waals surface area contributed by atoms with Crippen LogP contribution >= 0.6 is 11.3 Å². The predicted octanol–water partition coefficient (Wildman–Crippen LogP) is 2.65. The van der Waals surface area contributed by atoms with Gasteiger partial charge < -0.3 is 15.3 Å². The highest BCUT2D eigenvalue weighted by atomic mass is 32.1. The first-order valence-electron chi connectivity index (χ1n) is 7.59. The molecule has 1 aromatic heterocycles. The number of aromatic nitrogens is 1. The van der Waals surface area contributed by atoms with Crippen molar-refractivity contribution in [2.75, 3.05) is 31.5 Å². The minimum absolute atomic E-state index is 0.628. The number of likely N-dealkylation sites (tertiary alicyclic amines) is 1. The number of hydrogen-bond acceptors (Lipinski definition) is 5. The number of carboxylic acids is 1. The molecule has 0 atom stereocenters. The lowest BCUT2D eigenvalue weighted by molar-refractivity contribution is -0.142. The quantitative estimate of drug-likeness (QED) is 0.845. The fourth-order valence-corrected chi connectivity index (χ4v) is 3.38. The van der Waals surface area contributed by atoms with Gasteiger partial charge in [-0.25, -0.2) is 4.98 Å². The Morgan fingerprint density at radius 1 is 1.52 bits per heavy atom. The van der Waals surface area contributed by atoms with Crippen molar-refractivity contribution in [3.8, 4) is 0 Å². The van der Waals surface area contributed by atoms with Crippen LogP contribution in [0.3, 0.4) is 0 Å². The smallest absolute Gasteiger partial charge is 0.315 e. The standard InChI is InChI=1S/C15H25N3O2S/c1-4-18-7-5-11(6-8-18)9-16-14-17-12(10-21-14)15(2,3)13(19)20/h10-11H,4-9H2,1-3H3,(H,16,17)(H,19,20). The number of nitrogens with one attached hydrogen (secondary N) is 1. The number of carbonyl (C=O) groups is 1. The van der Waals surface area contributed by atoms with E-state index in [1.807, 2.05) is 5.38 Å². The van der Waals surface area contributed by atoms with Gasteiger partial charge in [-0.05, 0) is 52.2 Å². The molecule has 2 rings (SSSR count). The molecule has 1 aliphatic heterocycles. The summed E-state index contributed by atoms with van der Waals surface area (Å²) in [5, 5.41) is 15.3. The van der Waals surface area contributed by atoms with E-state index < -0.39 is 11.4 Å². The average Bonchev–Trinajstić information content (AvgIpc) is 2.95. The largest absolute Gasteiger partial charge is 0.481 e. The van der Waals surface area contributed by atoms with Crippen LogP contribution in [-0.4, -0.2) is 47.1 Å². The molecule has 1 saturated heterocycles. The number of anilines is 1. The zero-order valence-electron chi connectivity index (χ0n) is 13.1. The number of rotatable bonds is 6. The summed E-state index contributed by atoms with van der Waals surface area (Å²) in [6.45, 7) is 10.0. The van der Waals surface area contributed by atoms with E-state index in [9.17, 15) is 9.90 Å². The molecule has 118 valence electrons. The van der Waals surface area contributed by atoms with Crippen LogP contribution in [0.15, 0.2) is 5.38 Å². The van der Waals surface area contributed by atoms with Crippen LogP contribution in [0.25, 0.3) is 0 Å². The maximum atomic E-state index is 11.2. The molecular weight excluding hydrogens is 286 g/mol. The Bertz CT molecular complexity index is 479. The van der Waals surface area contributed by atoms with Gasteiger partial charge in [0, 0.05) is 11.9 Å². The predicted molar refractivity (Wildman–Crippen MR) is 86.1 cm³/mol. The third-order valence-corrected chi connectivity index (χ3v) is 5.18. The molecule has 2 N–H and O–H groups in total. The van der Waals surface area contributed by atoms with Crippen molar-refractivity contribution in [3.63, 3.8) is 0 Å². The molecule has 0 aliphatic carbocycles. The summed E-state index contributed by atoms with van der Waals surface area (Å²) < 4.78 is 0. The second-order valence-electron chi connectivity index (χ2n) is 6.23. The second kappa shape index (κ2) is 6.75. The number of thiazole rings is 1. The van der Waals surface area contributed by atoms with E-state index in [0.29, 0.717) is 11.6 Å². The van der Waals surface area contributed by atoms with E-state index in [1.54, 1.807) is 13.8 Å². The molecule has 1 aromatic rings. The van der Waals surface area contributed by atoms with E-state index in [4.69, 9.17) is 0 Å². The lowest BCUT2D eigenvalue weighted by Gasteiger charge is -2.30. The number of aliphatic carboxylic acids is 1. The second-order valence-corrected chi connectivity index (χ2v) is 7.08. The topological polar surface area (TPSA) is 65.5 Å². The molecule has 0 unspecified atom stereocenters. The van der Waals surface area contributed by atoms with Gasteiger partial charge >= 0.3 is 5.97 Å². The summed E-state index contributed by atoms with van der Waals surface area (Å²) in [6.07, 6.45) is 2.44. The molecule has 0 saturated carbocycles. The van der Waals surface area contributed by atoms with Gasteiger partial charge in [-0.15, -0.1) is 11.3 Å². The highest BCUT2D eigenvalue weighted by molar-refractivity contribution is 7.13. The number of carboxylic acid groups (broad SMARTS) is 1. The molecule has 0 radical (unpaired) electrons. The molecular formula is C15H25N3O2S. The summed E-state index contributed by atoms with van der Waals surface area (Å²) in [5.74, 6) is -0.154. The Labute approximate surface area is 130 Å². The van der Waals surface area contributed by atoms with Crippen molar-refractivity contribution in [2.45, 2.75) is 39.0 Å². The Hall–Kier alpha value is -1.14. The molecule has 0 bridgehead atoms. The molecule has 0 amide bonds. The van der Waals surface area contributed by atoms with Crippen molar-refractivity contribution in [2.24, 2.45) is 5.92 Å². The number of piperidine rings is 1. The Morgan fingerprint density at radius 2 is 2.19 bits per heavy atom. The summed E-state index contributed by atoms with van der Waals surface area (Å²) in [4.78, 5) is 18.1. The van der Waals surface area contributed by atoms with Gasteiger partial charge in [-0.2, -0.15) is 0 Å². The van der Waals surface area contributed by atoms with Crippen molar-refractivity contribution < 1.29 is 9.90 Å². The van der Waals surface area contributed by atoms with Crippen LogP contribution in [0.5, 0.6) is 0 Å². The Morgan fingerprint density at radius 3 is 2.76 bits per heavy atom. The first-order chi connectivity index (χ1) is 9.93. The highest BCUT2D eigenvalue weighted by Gasteiger charge is 2.32. The van der Waals surface area contributed by atoms with E-state index in [1.165, 1.54) is 37.3 Å². The van der Waals surface area contributed by atoms with Crippen molar-refractivity contribution in [1.29, 1.82) is 0 Å². The van der Waals surface area contributed by atoms with E-state index in [0.717, 1.165) is 18.2 Å². The average molecular weight is 311 g/mol. The molecule has 1 aliphatic rings.